The monoisotopic (exact) mass is 260 g/mol. The van der Waals surface area contributed by atoms with Crippen LogP contribution in [0, 0.1) is 13.8 Å². The van der Waals surface area contributed by atoms with Crippen LogP contribution in [-0.2, 0) is 6.54 Å². The van der Waals surface area contributed by atoms with Crippen molar-refractivity contribution in [3.8, 4) is 0 Å². The Kier molecular flexibility index (Phi) is 4.79. The third-order valence-corrected chi connectivity index (χ3v) is 4.07. The molecule has 0 fully saturated rings. The molecule has 1 aromatic carbocycles. The zero-order chi connectivity index (χ0) is 12.8. The second-order valence-electron chi connectivity index (χ2n) is 4.42. The molecule has 0 saturated carbocycles. The Morgan fingerprint density at radius 3 is 2.50 bits per heavy atom. The third kappa shape index (κ3) is 3.86. The van der Waals surface area contributed by atoms with Crippen molar-refractivity contribution in [3.05, 3.63) is 51.7 Å². The Morgan fingerprint density at radius 2 is 1.83 bits per heavy atom. The highest BCUT2D eigenvalue weighted by Gasteiger charge is 2.00. The van der Waals surface area contributed by atoms with Gasteiger partial charge in [-0.25, -0.2) is 0 Å². The number of aryl methyl sites for hydroxylation is 2. The molecule has 0 bridgehead atoms. The van der Waals surface area contributed by atoms with Crippen LogP contribution in [0.3, 0.4) is 0 Å². The van der Waals surface area contributed by atoms with Crippen LogP contribution < -0.4 is 10.6 Å². The Balaban J connectivity index is 1.64. The third-order valence-electron chi connectivity index (χ3n) is 2.92. The van der Waals surface area contributed by atoms with Crippen molar-refractivity contribution in [3.63, 3.8) is 0 Å². The summed E-state index contributed by atoms with van der Waals surface area (Å²) in [6, 6.07) is 12.6. The van der Waals surface area contributed by atoms with E-state index in [1.807, 2.05) is 29.5 Å². The average molecular weight is 260 g/mol. The van der Waals surface area contributed by atoms with E-state index in [0.29, 0.717) is 0 Å². The molecule has 0 aliphatic heterocycles. The standard InChI is InChI=1S/C15H20N2S/c1-12-10-15(18-13(12)2)11-16-8-9-17-14-6-4-3-5-7-14/h3-7,10,16-17H,8-9,11H2,1-2H3. The van der Waals surface area contributed by atoms with Crippen LogP contribution in [0.4, 0.5) is 5.69 Å². The van der Waals surface area contributed by atoms with Gasteiger partial charge in [0.05, 0.1) is 0 Å². The predicted molar refractivity (Wildman–Crippen MR) is 80.4 cm³/mol. The molecule has 0 aliphatic carbocycles. The molecule has 2 N–H and O–H groups in total. The van der Waals surface area contributed by atoms with Crippen LogP contribution in [-0.4, -0.2) is 13.1 Å². The van der Waals surface area contributed by atoms with Crippen LogP contribution in [0.5, 0.6) is 0 Å². The molecule has 0 atom stereocenters. The maximum absolute atomic E-state index is 3.46. The summed E-state index contributed by atoms with van der Waals surface area (Å²) in [5.41, 5.74) is 2.58. The SMILES string of the molecule is Cc1cc(CNCCNc2ccccc2)sc1C. The van der Waals surface area contributed by atoms with E-state index in [-0.39, 0.29) is 0 Å². The molecular formula is C15H20N2S. The van der Waals surface area contributed by atoms with Gasteiger partial charge in [-0.15, -0.1) is 11.3 Å². The Bertz CT molecular complexity index is 457. The molecule has 0 radical (unpaired) electrons. The summed E-state index contributed by atoms with van der Waals surface area (Å²) >= 11 is 1.89. The summed E-state index contributed by atoms with van der Waals surface area (Å²) in [4.78, 5) is 2.85. The molecule has 0 aliphatic rings. The van der Waals surface area contributed by atoms with Gasteiger partial charge in [0.2, 0.25) is 0 Å². The second-order valence-corrected chi connectivity index (χ2v) is 5.76. The van der Waals surface area contributed by atoms with E-state index >= 15 is 0 Å². The lowest BCUT2D eigenvalue weighted by atomic mass is 10.3. The number of nitrogens with one attached hydrogen (secondary N) is 2. The van der Waals surface area contributed by atoms with Crippen molar-refractivity contribution < 1.29 is 0 Å². The number of hydrogen-bond donors (Lipinski definition) is 2. The molecule has 2 aromatic rings. The Morgan fingerprint density at radius 1 is 1.06 bits per heavy atom. The van der Waals surface area contributed by atoms with E-state index in [0.717, 1.165) is 19.6 Å². The van der Waals surface area contributed by atoms with E-state index in [9.17, 15) is 0 Å². The van der Waals surface area contributed by atoms with Gasteiger partial charge >= 0.3 is 0 Å². The molecule has 0 unspecified atom stereocenters. The fraction of sp³-hybridized carbons (Fsp3) is 0.333. The Labute approximate surface area is 113 Å². The summed E-state index contributed by atoms with van der Waals surface area (Å²) in [5.74, 6) is 0. The molecule has 0 amide bonds. The van der Waals surface area contributed by atoms with Gasteiger partial charge in [0.15, 0.2) is 0 Å². The van der Waals surface area contributed by atoms with Crippen molar-refractivity contribution >= 4 is 17.0 Å². The van der Waals surface area contributed by atoms with Crippen molar-refractivity contribution in [1.82, 2.24) is 5.32 Å². The minimum atomic E-state index is 0.952. The highest BCUT2D eigenvalue weighted by molar-refractivity contribution is 7.12. The number of hydrogen-bond acceptors (Lipinski definition) is 3. The highest BCUT2D eigenvalue weighted by Crippen LogP contribution is 2.20. The van der Waals surface area contributed by atoms with E-state index < -0.39 is 0 Å². The first kappa shape index (κ1) is 13.1. The predicted octanol–water partition coefficient (Wildman–Crippen LogP) is 3.57. The molecule has 96 valence electrons. The molecule has 0 saturated heterocycles. The minimum absolute atomic E-state index is 0.952. The maximum Gasteiger partial charge on any atom is 0.0340 e. The van der Waals surface area contributed by atoms with Gasteiger partial charge in [0.1, 0.15) is 0 Å². The lowest BCUT2D eigenvalue weighted by molar-refractivity contribution is 0.714. The Hall–Kier alpha value is -1.32. The molecule has 18 heavy (non-hydrogen) atoms. The molecular weight excluding hydrogens is 240 g/mol. The van der Waals surface area contributed by atoms with E-state index in [1.165, 1.54) is 21.0 Å². The number of para-hydroxylation sites is 1. The van der Waals surface area contributed by atoms with Gasteiger partial charge in [-0.1, -0.05) is 18.2 Å². The fourth-order valence-corrected chi connectivity index (χ4v) is 2.82. The van der Waals surface area contributed by atoms with E-state index in [2.05, 4.69) is 42.7 Å². The summed E-state index contributed by atoms with van der Waals surface area (Å²) in [6.45, 7) is 7.25. The number of thiophene rings is 1. The van der Waals surface area contributed by atoms with E-state index in [4.69, 9.17) is 0 Å². The fourth-order valence-electron chi connectivity index (χ4n) is 1.80. The largest absolute Gasteiger partial charge is 0.384 e. The molecule has 3 heteroatoms. The van der Waals surface area contributed by atoms with Crippen LogP contribution in [0.25, 0.3) is 0 Å². The molecule has 1 aromatic heterocycles. The number of rotatable bonds is 6. The first-order chi connectivity index (χ1) is 8.75. The summed E-state index contributed by atoms with van der Waals surface area (Å²) in [5, 5.41) is 6.85. The lowest BCUT2D eigenvalue weighted by Crippen LogP contribution is -2.21. The van der Waals surface area contributed by atoms with Gasteiger partial charge in [0.25, 0.3) is 0 Å². The zero-order valence-electron chi connectivity index (χ0n) is 11.0. The first-order valence-electron chi connectivity index (χ1n) is 6.31. The quantitative estimate of drug-likeness (QED) is 0.776. The van der Waals surface area contributed by atoms with Crippen molar-refractivity contribution in [1.29, 1.82) is 0 Å². The number of benzene rings is 1. The lowest BCUT2D eigenvalue weighted by Gasteiger charge is -2.06. The van der Waals surface area contributed by atoms with Gasteiger partial charge in [0, 0.05) is 35.1 Å². The molecule has 0 spiro atoms. The summed E-state index contributed by atoms with van der Waals surface area (Å²) in [6.07, 6.45) is 0. The van der Waals surface area contributed by atoms with Gasteiger partial charge in [-0.05, 0) is 37.6 Å². The normalized spacial score (nSPS) is 10.6. The molecule has 2 rings (SSSR count). The van der Waals surface area contributed by atoms with Gasteiger partial charge in [-0.3, -0.25) is 0 Å². The van der Waals surface area contributed by atoms with Gasteiger partial charge in [-0.2, -0.15) is 0 Å². The minimum Gasteiger partial charge on any atom is -0.384 e. The maximum atomic E-state index is 3.46. The van der Waals surface area contributed by atoms with Crippen LogP contribution in [0.1, 0.15) is 15.3 Å². The van der Waals surface area contributed by atoms with Crippen LogP contribution in [0.2, 0.25) is 0 Å². The first-order valence-corrected chi connectivity index (χ1v) is 7.13. The summed E-state index contributed by atoms with van der Waals surface area (Å²) in [7, 11) is 0. The summed E-state index contributed by atoms with van der Waals surface area (Å²) < 4.78 is 0. The highest BCUT2D eigenvalue weighted by atomic mass is 32.1. The zero-order valence-corrected chi connectivity index (χ0v) is 11.8. The molecule has 1 heterocycles. The number of anilines is 1. The van der Waals surface area contributed by atoms with Gasteiger partial charge < -0.3 is 10.6 Å². The smallest absolute Gasteiger partial charge is 0.0340 e. The van der Waals surface area contributed by atoms with Crippen molar-refractivity contribution in [2.75, 3.05) is 18.4 Å². The van der Waals surface area contributed by atoms with Crippen molar-refractivity contribution in [2.24, 2.45) is 0 Å². The molecule has 2 nitrogen and oxygen atoms in total. The topological polar surface area (TPSA) is 24.1 Å². The van der Waals surface area contributed by atoms with Crippen molar-refractivity contribution in [2.45, 2.75) is 20.4 Å². The second kappa shape index (κ2) is 6.57. The average Bonchev–Trinajstić information content (AvgIpc) is 2.70. The van der Waals surface area contributed by atoms with Crippen LogP contribution in [0.15, 0.2) is 36.4 Å². The van der Waals surface area contributed by atoms with Crippen LogP contribution >= 0.6 is 11.3 Å². The van der Waals surface area contributed by atoms with E-state index in [1.54, 1.807) is 0 Å².